The summed E-state index contributed by atoms with van der Waals surface area (Å²) in [6.07, 6.45) is 0. The topological polar surface area (TPSA) is 29.5 Å². The van der Waals surface area contributed by atoms with Crippen molar-refractivity contribution in [3.05, 3.63) is 71.8 Å². The van der Waals surface area contributed by atoms with Gasteiger partial charge in [-0.3, -0.25) is 9.69 Å². The van der Waals surface area contributed by atoms with E-state index in [0.717, 1.165) is 13.1 Å². The highest BCUT2D eigenvalue weighted by Gasteiger charge is 2.23. The van der Waals surface area contributed by atoms with E-state index in [9.17, 15) is 4.79 Å². The van der Waals surface area contributed by atoms with Crippen LogP contribution in [0.15, 0.2) is 60.7 Å². The molecule has 0 aliphatic rings. The third kappa shape index (κ3) is 5.79. The Balaban J connectivity index is 2.07. The van der Waals surface area contributed by atoms with E-state index in [1.165, 1.54) is 11.1 Å². The van der Waals surface area contributed by atoms with Gasteiger partial charge in [-0.05, 0) is 17.7 Å². The van der Waals surface area contributed by atoms with Crippen LogP contribution in [0.5, 0.6) is 0 Å². The van der Waals surface area contributed by atoms with Gasteiger partial charge in [-0.2, -0.15) is 0 Å². The fourth-order valence-electron chi connectivity index (χ4n) is 2.92. The van der Waals surface area contributed by atoms with Crippen LogP contribution in [0.4, 0.5) is 0 Å². The van der Waals surface area contributed by atoms with Gasteiger partial charge < -0.3 is 4.74 Å². The van der Waals surface area contributed by atoms with Crippen LogP contribution in [-0.4, -0.2) is 37.0 Å². The lowest BCUT2D eigenvalue weighted by molar-refractivity contribution is -0.131. The van der Waals surface area contributed by atoms with Crippen molar-refractivity contribution in [1.82, 2.24) is 4.90 Å². The number of ketones is 1. The first kappa shape index (κ1) is 20.3. The molecule has 0 bridgehead atoms. The highest BCUT2D eigenvalue weighted by Crippen LogP contribution is 2.28. The number of rotatable bonds is 9. The maximum absolute atomic E-state index is 12.0. The molecule has 0 saturated carbocycles. The van der Waals surface area contributed by atoms with Gasteiger partial charge in [0.15, 0.2) is 5.78 Å². The van der Waals surface area contributed by atoms with Crippen molar-refractivity contribution >= 4 is 5.78 Å². The predicted molar refractivity (Wildman–Crippen MR) is 107 cm³/mol. The van der Waals surface area contributed by atoms with Crippen molar-refractivity contribution in [2.24, 2.45) is 5.41 Å². The van der Waals surface area contributed by atoms with E-state index in [1.807, 2.05) is 32.9 Å². The summed E-state index contributed by atoms with van der Waals surface area (Å²) in [5.41, 5.74) is 2.19. The van der Waals surface area contributed by atoms with E-state index < -0.39 is 0 Å². The Kier molecular flexibility index (Phi) is 7.55. The molecular weight excluding hydrogens is 322 g/mol. The first-order valence-electron chi connectivity index (χ1n) is 9.38. The smallest absolute Gasteiger partial charge is 0.163 e. The monoisotopic (exact) mass is 353 g/mol. The first-order chi connectivity index (χ1) is 12.4. The summed E-state index contributed by atoms with van der Waals surface area (Å²) in [4.78, 5) is 14.4. The number of ether oxygens (including phenoxy) is 1. The normalized spacial score (nSPS) is 11.9. The van der Waals surface area contributed by atoms with Gasteiger partial charge in [-0.15, -0.1) is 0 Å². The number of Topliss-reactive ketones (excluding diaryl/α,β-unsaturated/α-hetero) is 1. The minimum atomic E-state index is -0.346. The van der Waals surface area contributed by atoms with Gasteiger partial charge in [0.25, 0.3) is 0 Å². The van der Waals surface area contributed by atoms with E-state index >= 15 is 0 Å². The molecule has 0 unspecified atom stereocenters. The molecule has 0 radical (unpaired) electrons. The molecule has 3 heteroatoms. The van der Waals surface area contributed by atoms with Crippen LogP contribution in [0.25, 0.3) is 0 Å². The number of carbonyl (C=O) groups is 1. The zero-order chi connectivity index (χ0) is 19.0. The molecule has 26 heavy (non-hydrogen) atoms. The van der Waals surface area contributed by atoms with Gasteiger partial charge in [-0.25, -0.2) is 0 Å². The zero-order valence-electron chi connectivity index (χ0n) is 16.4. The fourth-order valence-corrected chi connectivity index (χ4v) is 2.92. The predicted octanol–water partition coefficient (Wildman–Crippen LogP) is 4.73. The minimum Gasteiger partial charge on any atom is -0.372 e. The van der Waals surface area contributed by atoms with Crippen LogP contribution in [-0.2, 0) is 9.53 Å². The lowest BCUT2D eigenvalue weighted by atomic mass is 9.91. The number of hydrogen-bond acceptors (Lipinski definition) is 3. The molecule has 3 nitrogen and oxygen atoms in total. The Labute approximate surface area is 158 Å². The largest absolute Gasteiger partial charge is 0.372 e. The van der Waals surface area contributed by atoms with Crippen LogP contribution in [0.1, 0.15) is 44.9 Å². The second kappa shape index (κ2) is 9.65. The highest BCUT2D eigenvalue weighted by molar-refractivity contribution is 5.84. The summed E-state index contributed by atoms with van der Waals surface area (Å²) in [5, 5.41) is 0. The molecule has 0 aliphatic heterocycles. The molecule has 0 N–H and O–H groups in total. The SMILES string of the molecule is CCN(CCOCC(=O)C(C)(C)C)C(c1ccccc1)c1ccccc1. The molecule has 2 aromatic rings. The Hall–Kier alpha value is -1.97. The summed E-state index contributed by atoms with van der Waals surface area (Å²) in [5.74, 6) is 0.142. The van der Waals surface area contributed by atoms with Crippen molar-refractivity contribution in [2.75, 3.05) is 26.3 Å². The first-order valence-corrected chi connectivity index (χ1v) is 9.38. The van der Waals surface area contributed by atoms with Gasteiger partial charge in [0, 0.05) is 12.0 Å². The average molecular weight is 354 g/mol. The van der Waals surface area contributed by atoms with Gasteiger partial charge in [0.1, 0.15) is 6.61 Å². The van der Waals surface area contributed by atoms with E-state index in [-0.39, 0.29) is 23.8 Å². The third-order valence-corrected chi connectivity index (χ3v) is 4.59. The molecule has 0 aromatic heterocycles. The van der Waals surface area contributed by atoms with Gasteiger partial charge in [0.05, 0.1) is 12.6 Å². The third-order valence-electron chi connectivity index (χ3n) is 4.59. The summed E-state index contributed by atoms with van der Waals surface area (Å²) in [6.45, 7) is 10.4. The maximum atomic E-state index is 12.0. The van der Waals surface area contributed by atoms with Crippen LogP contribution < -0.4 is 0 Å². The van der Waals surface area contributed by atoms with Crippen LogP contribution in [0.3, 0.4) is 0 Å². The van der Waals surface area contributed by atoms with Crippen LogP contribution in [0, 0.1) is 5.41 Å². The Morgan fingerprint density at radius 2 is 1.46 bits per heavy atom. The summed E-state index contributed by atoms with van der Waals surface area (Å²) in [6, 6.07) is 21.3. The molecule has 0 spiro atoms. The van der Waals surface area contributed by atoms with E-state index in [2.05, 4.69) is 60.4 Å². The molecule has 2 rings (SSSR count). The minimum absolute atomic E-state index is 0.142. The summed E-state index contributed by atoms with van der Waals surface area (Å²) >= 11 is 0. The van der Waals surface area contributed by atoms with Crippen LogP contribution >= 0.6 is 0 Å². The summed E-state index contributed by atoms with van der Waals surface area (Å²) in [7, 11) is 0. The molecule has 0 amide bonds. The number of carbonyl (C=O) groups excluding carboxylic acids is 1. The number of hydrogen-bond donors (Lipinski definition) is 0. The second-order valence-electron chi connectivity index (χ2n) is 7.58. The van der Waals surface area contributed by atoms with E-state index in [1.54, 1.807) is 0 Å². The molecule has 0 heterocycles. The molecule has 0 saturated heterocycles. The van der Waals surface area contributed by atoms with Gasteiger partial charge in [0.2, 0.25) is 0 Å². The quantitative estimate of drug-likeness (QED) is 0.610. The number of nitrogens with zero attached hydrogens (tertiary/aromatic N) is 1. The van der Waals surface area contributed by atoms with E-state index in [0.29, 0.717) is 6.61 Å². The highest BCUT2D eigenvalue weighted by atomic mass is 16.5. The Bertz CT molecular complexity index is 622. The van der Waals surface area contributed by atoms with E-state index in [4.69, 9.17) is 4.74 Å². The second-order valence-corrected chi connectivity index (χ2v) is 7.58. The van der Waals surface area contributed by atoms with Crippen LogP contribution in [0.2, 0.25) is 0 Å². The molecule has 140 valence electrons. The van der Waals surface area contributed by atoms with Crippen molar-refractivity contribution in [3.8, 4) is 0 Å². The molecule has 0 fully saturated rings. The Morgan fingerprint density at radius 1 is 0.962 bits per heavy atom. The molecule has 2 aromatic carbocycles. The molecule has 0 atom stereocenters. The van der Waals surface area contributed by atoms with Crippen molar-refractivity contribution in [2.45, 2.75) is 33.7 Å². The van der Waals surface area contributed by atoms with Gasteiger partial charge >= 0.3 is 0 Å². The average Bonchev–Trinajstić information content (AvgIpc) is 2.64. The summed E-state index contributed by atoms with van der Waals surface area (Å²) < 4.78 is 5.68. The number of likely N-dealkylation sites (N-methyl/N-ethyl adjacent to an activating group) is 1. The molecule has 0 aliphatic carbocycles. The van der Waals surface area contributed by atoms with Crippen molar-refractivity contribution in [1.29, 1.82) is 0 Å². The number of benzene rings is 2. The fraction of sp³-hybridized carbons (Fsp3) is 0.435. The van der Waals surface area contributed by atoms with Gasteiger partial charge in [-0.1, -0.05) is 88.4 Å². The zero-order valence-corrected chi connectivity index (χ0v) is 16.4. The van der Waals surface area contributed by atoms with Crippen molar-refractivity contribution in [3.63, 3.8) is 0 Å². The maximum Gasteiger partial charge on any atom is 0.163 e. The van der Waals surface area contributed by atoms with Crippen molar-refractivity contribution < 1.29 is 9.53 Å². The lowest BCUT2D eigenvalue weighted by Gasteiger charge is -2.31. The lowest BCUT2D eigenvalue weighted by Crippen LogP contribution is -2.33. The standard InChI is InChI=1S/C23H31NO2/c1-5-24(16-17-26-18-21(25)23(2,3)4)22(19-12-8-6-9-13-19)20-14-10-7-11-15-20/h6-15,22H,5,16-18H2,1-4H3. The molecular formula is C23H31NO2. The Morgan fingerprint density at radius 3 is 1.88 bits per heavy atom.